The number of Topliss-reactive ketones (excluding diaryl/α,β-unsaturated/α-hetero) is 1. The van der Waals surface area contributed by atoms with E-state index >= 15 is 0 Å². The summed E-state index contributed by atoms with van der Waals surface area (Å²) in [5, 5.41) is 0. The average molecular weight is 414 g/mol. The normalized spacial score (nSPS) is 13.4. The van der Waals surface area contributed by atoms with Gasteiger partial charge in [-0.2, -0.15) is 17.6 Å². The van der Waals surface area contributed by atoms with Crippen molar-refractivity contribution in [3.63, 3.8) is 0 Å². The van der Waals surface area contributed by atoms with Crippen molar-refractivity contribution in [3.8, 4) is 0 Å². The van der Waals surface area contributed by atoms with Crippen molar-refractivity contribution >= 4 is 17.7 Å². The number of carbonyl (C=O) groups excluding carboxylic acids is 3. The first kappa shape index (κ1) is 24.8. The van der Waals surface area contributed by atoms with E-state index in [4.69, 9.17) is 0 Å². The van der Waals surface area contributed by atoms with Gasteiger partial charge in [-0.15, -0.1) is 0 Å². The van der Waals surface area contributed by atoms with Crippen LogP contribution < -0.4 is 0 Å². The topological polar surface area (TPSA) is 69.7 Å². The molecule has 5 nitrogen and oxygen atoms in total. The second kappa shape index (κ2) is 9.65. The van der Waals surface area contributed by atoms with E-state index in [1.54, 1.807) is 0 Å². The third kappa shape index (κ3) is 7.13. The third-order valence-electron chi connectivity index (χ3n) is 2.91. The summed E-state index contributed by atoms with van der Waals surface area (Å²) in [5.74, 6) is -16.4. The fourth-order valence-corrected chi connectivity index (χ4v) is 1.36. The number of ketones is 1. The molecular formula is C14H14F8O5. The highest BCUT2D eigenvalue weighted by molar-refractivity contribution is 5.87. The molecule has 0 radical (unpaired) electrons. The van der Waals surface area contributed by atoms with E-state index in [0.29, 0.717) is 0 Å². The fourth-order valence-electron chi connectivity index (χ4n) is 1.36. The van der Waals surface area contributed by atoms with Crippen molar-refractivity contribution in [2.24, 2.45) is 0 Å². The summed E-state index contributed by atoms with van der Waals surface area (Å²) in [6.07, 6.45) is -12.8. The maximum Gasteiger partial charge on any atom is 0.401 e. The first-order chi connectivity index (χ1) is 12.1. The molecule has 0 N–H and O–H groups in total. The van der Waals surface area contributed by atoms with Crippen LogP contribution >= 0.6 is 0 Å². The molecule has 0 rings (SSSR count). The fraction of sp³-hybridized carbons (Fsp3) is 0.643. The van der Waals surface area contributed by atoms with E-state index in [9.17, 15) is 49.5 Å². The predicted molar refractivity (Wildman–Crippen MR) is 71.8 cm³/mol. The summed E-state index contributed by atoms with van der Waals surface area (Å²) in [4.78, 5) is 33.4. The van der Waals surface area contributed by atoms with Gasteiger partial charge in [0, 0.05) is 12.0 Å². The number of alkyl halides is 8. The number of ether oxygens (including phenoxy) is 2. The van der Waals surface area contributed by atoms with Crippen molar-refractivity contribution in [1.82, 2.24) is 0 Å². The Morgan fingerprint density at radius 3 is 1.85 bits per heavy atom. The van der Waals surface area contributed by atoms with E-state index in [-0.39, 0.29) is 5.57 Å². The molecule has 0 heterocycles. The molecule has 0 saturated heterocycles. The van der Waals surface area contributed by atoms with Crippen molar-refractivity contribution in [2.45, 2.75) is 50.6 Å². The second-order valence-electron chi connectivity index (χ2n) is 5.22. The molecule has 156 valence electrons. The maximum absolute atomic E-state index is 12.9. The zero-order valence-corrected chi connectivity index (χ0v) is 13.6. The van der Waals surface area contributed by atoms with Crippen LogP contribution in [0.3, 0.4) is 0 Å². The van der Waals surface area contributed by atoms with Gasteiger partial charge in [-0.3, -0.25) is 4.79 Å². The summed E-state index contributed by atoms with van der Waals surface area (Å²) in [5.41, 5.74) is -0.270. The van der Waals surface area contributed by atoms with E-state index < -0.39 is 68.0 Å². The molecule has 0 bridgehead atoms. The Balaban J connectivity index is 5.05. The smallest absolute Gasteiger partial charge is 0.401 e. The van der Waals surface area contributed by atoms with E-state index in [1.165, 1.54) is 0 Å². The van der Waals surface area contributed by atoms with E-state index in [0.717, 1.165) is 6.92 Å². The van der Waals surface area contributed by atoms with Crippen molar-refractivity contribution in [3.05, 3.63) is 12.2 Å². The van der Waals surface area contributed by atoms with Gasteiger partial charge in [-0.25, -0.2) is 27.2 Å². The van der Waals surface area contributed by atoms with Crippen molar-refractivity contribution in [2.75, 3.05) is 6.61 Å². The molecule has 0 aromatic rings. The van der Waals surface area contributed by atoms with Crippen LogP contribution in [-0.4, -0.2) is 55.1 Å². The first-order valence-electron chi connectivity index (χ1n) is 7.02. The van der Waals surface area contributed by atoms with Crippen LogP contribution in [0.15, 0.2) is 12.2 Å². The highest BCUT2D eigenvalue weighted by Crippen LogP contribution is 2.27. The van der Waals surface area contributed by atoms with E-state index in [2.05, 4.69) is 16.1 Å². The highest BCUT2D eigenvalue weighted by atomic mass is 19.3. The van der Waals surface area contributed by atoms with E-state index in [1.807, 2.05) is 0 Å². The minimum Gasteiger partial charge on any atom is -0.457 e. The minimum atomic E-state index is -5.19. The van der Waals surface area contributed by atoms with Crippen molar-refractivity contribution < 1.29 is 59.0 Å². The number of esters is 2. The number of hydrogen-bond donors (Lipinski definition) is 0. The van der Waals surface area contributed by atoms with Gasteiger partial charge < -0.3 is 9.47 Å². The lowest BCUT2D eigenvalue weighted by Crippen LogP contribution is -2.40. The molecule has 0 aliphatic rings. The van der Waals surface area contributed by atoms with Gasteiger partial charge in [0.15, 0.2) is 0 Å². The largest absolute Gasteiger partial charge is 0.457 e. The van der Waals surface area contributed by atoms with Gasteiger partial charge in [0.1, 0.15) is 12.7 Å². The Bertz CT molecular complexity index is 540. The third-order valence-corrected chi connectivity index (χ3v) is 2.91. The van der Waals surface area contributed by atoms with Crippen LogP contribution in [-0.2, 0) is 23.9 Å². The summed E-state index contributed by atoms with van der Waals surface area (Å²) in [7, 11) is 0. The molecule has 0 aromatic carbocycles. The van der Waals surface area contributed by atoms with Gasteiger partial charge >= 0.3 is 36.6 Å². The lowest BCUT2D eigenvalue weighted by Gasteiger charge is -2.21. The van der Waals surface area contributed by atoms with Crippen LogP contribution in [0.5, 0.6) is 0 Å². The summed E-state index contributed by atoms with van der Waals surface area (Å²) in [6.45, 7) is 2.94. The Kier molecular flexibility index (Phi) is 8.86. The highest BCUT2D eigenvalue weighted by Gasteiger charge is 2.51. The molecule has 0 amide bonds. The van der Waals surface area contributed by atoms with Crippen LogP contribution in [0.2, 0.25) is 0 Å². The maximum atomic E-state index is 12.9. The molecule has 0 fully saturated rings. The zero-order chi connectivity index (χ0) is 21.6. The first-order valence-corrected chi connectivity index (χ1v) is 7.02. The molecule has 27 heavy (non-hydrogen) atoms. The molecule has 1 atom stereocenters. The molecule has 0 spiro atoms. The number of hydrogen-bond acceptors (Lipinski definition) is 5. The lowest BCUT2D eigenvalue weighted by molar-refractivity contribution is -0.197. The Morgan fingerprint density at radius 2 is 1.44 bits per heavy atom. The molecule has 13 heteroatoms. The second-order valence-corrected chi connectivity index (χ2v) is 5.22. The SMILES string of the molecule is C=C(C)C(=O)OC(CCC(=O)C(F)(F)C(F)F)COC(=O)C(F)(F)C(F)F. The number of carbonyl (C=O) groups is 3. The van der Waals surface area contributed by atoms with Crippen LogP contribution in [0, 0.1) is 0 Å². The molecule has 0 aliphatic carbocycles. The Morgan fingerprint density at radius 1 is 0.963 bits per heavy atom. The minimum absolute atomic E-state index is 0.270. The monoisotopic (exact) mass is 414 g/mol. The van der Waals surface area contributed by atoms with Crippen LogP contribution in [0.4, 0.5) is 35.1 Å². The average Bonchev–Trinajstić information content (AvgIpc) is 2.55. The number of rotatable bonds is 11. The molecular weight excluding hydrogens is 400 g/mol. The van der Waals surface area contributed by atoms with Crippen LogP contribution in [0.1, 0.15) is 19.8 Å². The van der Waals surface area contributed by atoms with Gasteiger partial charge in [0.25, 0.3) is 0 Å². The quantitative estimate of drug-likeness (QED) is 0.295. The molecule has 0 saturated carbocycles. The van der Waals surface area contributed by atoms with Crippen LogP contribution in [0.25, 0.3) is 0 Å². The molecule has 1 unspecified atom stereocenters. The Labute approximate surface area is 147 Å². The standard InChI is InChI=1S/C14H14F8O5/c1-6(2)9(24)27-7(3-4-8(23)13(19,20)10(15)16)5-26-12(25)14(21,22)11(17)18/h7,10-11H,1,3-5H2,2H3. The van der Waals surface area contributed by atoms with Gasteiger partial charge in [-0.05, 0) is 13.3 Å². The molecule has 0 aliphatic heterocycles. The predicted octanol–water partition coefficient (Wildman–Crippen LogP) is 3.17. The van der Waals surface area contributed by atoms with Gasteiger partial charge in [-0.1, -0.05) is 6.58 Å². The van der Waals surface area contributed by atoms with Gasteiger partial charge in [0.05, 0.1) is 0 Å². The Hall–Kier alpha value is -2.21. The summed E-state index contributed by atoms with van der Waals surface area (Å²) < 4.78 is 108. The molecule has 0 aromatic heterocycles. The van der Waals surface area contributed by atoms with Crippen molar-refractivity contribution in [1.29, 1.82) is 0 Å². The summed E-state index contributed by atoms with van der Waals surface area (Å²) >= 11 is 0. The summed E-state index contributed by atoms with van der Waals surface area (Å²) in [6, 6.07) is 0. The van der Waals surface area contributed by atoms with Gasteiger partial charge in [0.2, 0.25) is 5.78 Å². The number of halogens is 8. The lowest BCUT2D eigenvalue weighted by atomic mass is 10.1. The zero-order valence-electron chi connectivity index (χ0n) is 13.6.